The number of hydrogen-bond donors (Lipinski definition) is 3. The molecule has 3 heteroatoms. The highest BCUT2D eigenvalue weighted by Crippen LogP contribution is 2.60. The normalized spacial score (nSPS) is 40.4. The van der Waals surface area contributed by atoms with Crippen LogP contribution < -0.4 is 0 Å². The van der Waals surface area contributed by atoms with Crippen LogP contribution in [0.15, 0.2) is 35.5 Å². The SMILES string of the molecule is C=C1C(=CC=C2CCCC3(C)C2CCC3[C@H](C)CCCC(C)(C)O)C[C@@H](O)[C@H](C)[C@H]1O. The molecule has 0 radical (unpaired) electrons. The standard InChI is InChI=1S/C28H46O3/c1-18(9-7-15-27(4,5)31)23-13-14-24-21(10-8-16-28(23,24)6)11-12-22-17-25(29)20(3)26(30)19(22)2/h11-12,18,20,23-26,29-31H,2,7-10,13-17H2,1,3-6H3/t18-,20+,23?,24?,25-,26+,28?/m1/s1. The van der Waals surface area contributed by atoms with Gasteiger partial charge in [0.15, 0.2) is 0 Å². The zero-order valence-corrected chi connectivity index (χ0v) is 20.5. The van der Waals surface area contributed by atoms with Gasteiger partial charge in [0, 0.05) is 5.92 Å². The number of allylic oxidation sites excluding steroid dienone is 3. The Bertz CT molecular complexity index is 712. The molecule has 0 aromatic rings. The monoisotopic (exact) mass is 430 g/mol. The summed E-state index contributed by atoms with van der Waals surface area (Å²) in [6, 6.07) is 0. The molecule has 3 N–H and O–H groups in total. The van der Waals surface area contributed by atoms with Crippen LogP contribution in [0, 0.1) is 29.1 Å². The molecule has 0 saturated heterocycles. The van der Waals surface area contributed by atoms with Gasteiger partial charge in [0.2, 0.25) is 0 Å². The van der Waals surface area contributed by atoms with Crippen LogP contribution in [0.4, 0.5) is 0 Å². The highest BCUT2D eigenvalue weighted by molar-refractivity contribution is 5.39. The predicted molar refractivity (Wildman–Crippen MR) is 129 cm³/mol. The Labute approximate surface area is 190 Å². The summed E-state index contributed by atoms with van der Waals surface area (Å²) in [6.07, 6.45) is 13.4. The molecular weight excluding hydrogens is 384 g/mol. The molecule has 0 amide bonds. The Morgan fingerprint density at radius 3 is 2.61 bits per heavy atom. The van der Waals surface area contributed by atoms with Gasteiger partial charge in [-0.05, 0) is 93.1 Å². The molecule has 176 valence electrons. The van der Waals surface area contributed by atoms with Gasteiger partial charge in [0.05, 0.1) is 17.8 Å². The minimum absolute atomic E-state index is 0.149. The molecule has 3 rings (SSSR count). The minimum atomic E-state index is -0.648. The molecule has 3 saturated carbocycles. The molecule has 0 aliphatic heterocycles. The zero-order valence-electron chi connectivity index (χ0n) is 20.5. The van der Waals surface area contributed by atoms with Gasteiger partial charge in [-0.15, -0.1) is 0 Å². The third-order valence-corrected chi connectivity index (χ3v) is 8.97. The van der Waals surface area contributed by atoms with Gasteiger partial charge in [-0.25, -0.2) is 0 Å². The second-order valence-corrected chi connectivity index (χ2v) is 11.8. The van der Waals surface area contributed by atoms with Crippen LogP contribution >= 0.6 is 0 Å². The highest BCUT2D eigenvalue weighted by Gasteiger charge is 2.50. The van der Waals surface area contributed by atoms with Gasteiger partial charge in [-0.3, -0.25) is 0 Å². The molecule has 0 bridgehead atoms. The summed E-state index contributed by atoms with van der Waals surface area (Å²) in [4.78, 5) is 0. The molecule has 3 fully saturated rings. The Morgan fingerprint density at radius 1 is 1.23 bits per heavy atom. The van der Waals surface area contributed by atoms with Crippen molar-refractivity contribution in [2.45, 2.75) is 110 Å². The van der Waals surface area contributed by atoms with Crippen molar-refractivity contribution >= 4 is 0 Å². The molecule has 0 aromatic carbocycles. The lowest BCUT2D eigenvalue weighted by Crippen LogP contribution is -2.36. The summed E-state index contributed by atoms with van der Waals surface area (Å²) in [6.45, 7) is 14.8. The van der Waals surface area contributed by atoms with Gasteiger partial charge in [0.25, 0.3) is 0 Å². The van der Waals surface area contributed by atoms with Crippen molar-refractivity contribution in [1.82, 2.24) is 0 Å². The fraction of sp³-hybridized carbons (Fsp3) is 0.786. The minimum Gasteiger partial charge on any atom is -0.392 e. The first-order valence-corrected chi connectivity index (χ1v) is 12.6. The molecule has 3 aliphatic rings. The largest absolute Gasteiger partial charge is 0.392 e. The van der Waals surface area contributed by atoms with Gasteiger partial charge in [-0.1, -0.05) is 57.9 Å². The molecule has 7 atom stereocenters. The van der Waals surface area contributed by atoms with Crippen molar-refractivity contribution in [3.63, 3.8) is 0 Å². The smallest absolute Gasteiger partial charge is 0.0837 e. The Balaban J connectivity index is 1.71. The molecule has 0 heterocycles. The van der Waals surface area contributed by atoms with Crippen molar-refractivity contribution in [2.24, 2.45) is 29.1 Å². The van der Waals surface area contributed by atoms with E-state index in [0.29, 0.717) is 23.7 Å². The van der Waals surface area contributed by atoms with Crippen molar-refractivity contribution in [3.8, 4) is 0 Å². The van der Waals surface area contributed by atoms with Crippen LogP contribution in [-0.4, -0.2) is 33.1 Å². The van der Waals surface area contributed by atoms with E-state index in [-0.39, 0.29) is 5.92 Å². The topological polar surface area (TPSA) is 60.7 Å². The van der Waals surface area contributed by atoms with E-state index in [9.17, 15) is 15.3 Å². The lowest BCUT2D eigenvalue weighted by molar-refractivity contribution is 0.0283. The maximum atomic E-state index is 10.4. The quantitative estimate of drug-likeness (QED) is 0.488. The van der Waals surface area contributed by atoms with E-state index < -0.39 is 17.8 Å². The second kappa shape index (κ2) is 9.53. The summed E-state index contributed by atoms with van der Waals surface area (Å²) in [7, 11) is 0. The van der Waals surface area contributed by atoms with Crippen molar-refractivity contribution in [1.29, 1.82) is 0 Å². The van der Waals surface area contributed by atoms with E-state index in [4.69, 9.17) is 0 Å². The Kier molecular flexibility index (Phi) is 7.61. The third-order valence-electron chi connectivity index (χ3n) is 8.97. The number of aliphatic hydroxyl groups is 3. The van der Waals surface area contributed by atoms with Crippen LogP contribution in [0.3, 0.4) is 0 Å². The van der Waals surface area contributed by atoms with E-state index in [2.05, 4.69) is 32.6 Å². The summed E-state index contributed by atoms with van der Waals surface area (Å²) < 4.78 is 0. The Hall–Kier alpha value is -0.900. The van der Waals surface area contributed by atoms with Gasteiger partial charge < -0.3 is 15.3 Å². The van der Waals surface area contributed by atoms with Crippen LogP contribution in [0.5, 0.6) is 0 Å². The molecule has 31 heavy (non-hydrogen) atoms. The molecule has 3 nitrogen and oxygen atoms in total. The van der Waals surface area contributed by atoms with Gasteiger partial charge in [0.1, 0.15) is 0 Å². The average Bonchev–Trinajstić information content (AvgIpc) is 3.04. The van der Waals surface area contributed by atoms with Crippen LogP contribution in [0.1, 0.15) is 92.4 Å². The van der Waals surface area contributed by atoms with Crippen molar-refractivity contribution < 1.29 is 15.3 Å². The van der Waals surface area contributed by atoms with Crippen molar-refractivity contribution in [3.05, 3.63) is 35.5 Å². The maximum absolute atomic E-state index is 10.4. The van der Waals surface area contributed by atoms with E-state index in [1.54, 1.807) is 5.57 Å². The molecule has 3 unspecified atom stereocenters. The first-order valence-electron chi connectivity index (χ1n) is 12.6. The Morgan fingerprint density at radius 2 is 1.94 bits per heavy atom. The fourth-order valence-corrected chi connectivity index (χ4v) is 6.91. The van der Waals surface area contributed by atoms with Crippen LogP contribution in [0.2, 0.25) is 0 Å². The fourth-order valence-electron chi connectivity index (χ4n) is 6.91. The molecule has 3 aliphatic carbocycles. The van der Waals surface area contributed by atoms with E-state index in [1.165, 1.54) is 32.1 Å². The number of hydrogen-bond acceptors (Lipinski definition) is 3. The van der Waals surface area contributed by atoms with Crippen LogP contribution in [-0.2, 0) is 0 Å². The first-order chi connectivity index (χ1) is 14.4. The number of aliphatic hydroxyl groups excluding tert-OH is 2. The summed E-state index contributed by atoms with van der Waals surface area (Å²) in [5.41, 5.74) is 3.15. The highest BCUT2D eigenvalue weighted by atomic mass is 16.3. The van der Waals surface area contributed by atoms with Crippen molar-refractivity contribution in [2.75, 3.05) is 0 Å². The van der Waals surface area contributed by atoms with E-state index >= 15 is 0 Å². The lowest BCUT2D eigenvalue weighted by Gasteiger charge is -2.44. The third kappa shape index (κ3) is 5.37. The van der Waals surface area contributed by atoms with Gasteiger partial charge >= 0.3 is 0 Å². The summed E-state index contributed by atoms with van der Waals surface area (Å²) in [5.74, 6) is 1.94. The molecule has 0 aromatic heterocycles. The van der Waals surface area contributed by atoms with Gasteiger partial charge in [-0.2, -0.15) is 0 Å². The van der Waals surface area contributed by atoms with E-state index in [1.807, 2.05) is 20.8 Å². The first kappa shape index (κ1) is 24.7. The average molecular weight is 431 g/mol. The van der Waals surface area contributed by atoms with Crippen LogP contribution in [0.25, 0.3) is 0 Å². The number of rotatable bonds is 6. The maximum Gasteiger partial charge on any atom is 0.0837 e. The van der Waals surface area contributed by atoms with E-state index in [0.717, 1.165) is 36.3 Å². The zero-order chi connectivity index (χ0) is 23.0. The number of fused-ring (bicyclic) bond motifs is 1. The molecule has 0 spiro atoms. The summed E-state index contributed by atoms with van der Waals surface area (Å²) >= 11 is 0. The molecular formula is C28H46O3. The second-order valence-electron chi connectivity index (χ2n) is 11.8. The summed E-state index contributed by atoms with van der Waals surface area (Å²) in [5, 5.41) is 30.7. The predicted octanol–water partition coefficient (Wildman–Crippen LogP) is 5.95. The lowest BCUT2D eigenvalue weighted by atomic mass is 9.60.